The van der Waals surface area contributed by atoms with Gasteiger partial charge in [-0.05, 0) is 43.9 Å². The Kier molecular flexibility index (Phi) is 2.87. The minimum atomic E-state index is 0.733. The van der Waals surface area contributed by atoms with Crippen molar-refractivity contribution in [3.05, 3.63) is 0 Å². The molecule has 0 aromatic carbocycles. The third-order valence-corrected chi connectivity index (χ3v) is 4.56. The Morgan fingerprint density at radius 3 is 1.93 bits per heavy atom. The van der Waals surface area contributed by atoms with E-state index in [9.17, 15) is 0 Å². The summed E-state index contributed by atoms with van der Waals surface area (Å²) < 4.78 is 0. The molecule has 0 N–H and O–H groups in total. The van der Waals surface area contributed by atoms with Gasteiger partial charge in [0.2, 0.25) is 0 Å². The van der Waals surface area contributed by atoms with Crippen LogP contribution in [0.15, 0.2) is 0 Å². The fraction of sp³-hybridized carbons (Fsp3) is 1.00. The van der Waals surface area contributed by atoms with Crippen LogP contribution in [0.2, 0.25) is 0 Å². The second kappa shape index (κ2) is 3.76. The van der Waals surface area contributed by atoms with Gasteiger partial charge in [-0.25, -0.2) is 0 Å². The van der Waals surface area contributed by atoms with E-state index in [0.717, 1.165) is 41.8 Å². The van der Waals surface area contributed by atoms with E-state index in [1.165, 1.54) is 6.42 Å². The predicted molar refractivity (Wildman–Crippen MR) is 65.8 cm³/mol. The first-order valence-corrected chi connectivity index (χ1v) is 6.72. The number of nitrogens with zero attached hydrogens (tertiary/aromatic N) is 1. The van der Waals surface area contributed by atoms with Crippen molar-refractivity contribution in [3.8, 4) is 0 Å². The number of rotatable bonds is 3. The first kappa shape index (κ1) is 11.4. The normalized spacial score (nSPS) is 40.6. The Hall–Kier alpha value is -0.0400. The minimum absolute atomic E-state index is 0.733. The van der Waals surface area contributed by atoms with Crippen molar-refractivity contribution in [1.82, 2.24) is 4.90 Å². The molecule has 0 aromatic heterocycles. The standard InChI is InChI=1S/C14H27N/c1-8(2)12-7-11-13(9(3)4)14(11)15(12)10(5)6/h8-14H,7H2,1-6H3/t11?,12-,13?,14?/m0/s1. The molecule has 1 nitrogen and oxygen atoms in total. The van der Waals surface area contributed by atoms with Crippen LogP contribution in [0, 0.1) is 23.7 Å². The number of fused-ring (bicyclic) bond motifs is 1. The van der Waals surface area contributed by atoms with Crippen LogP contribution in [0.5, 0.6) is 0 Å². The van der Waals surface area contributed by atoms with Crippen LogP contribution in [0.1, 0.15) is 48.0 Å². The molecule has 1 saturated carbocycles. The van der Waals surface area contributed by atoms with Crippen LogP contribution in [0.4, 0.5) is 0 Å². The highest BCUT2D eigenvalue weighted by molar-refractivity contribution is 5.14. The molecule has 88 valence electrons. The van der Waals surface area contributed by atoms with E-state index in [1.54, 1.807) is 0 Å². The number of hydrogen-bond donors (Lipinski definition) is 0. The van der Waals surface area contributed by atoms with Gasteiger partial charge in [0.1, 0.15) is 0 Å². The summed E-state index contributed by atoms with van der Waals surface area (Å²) in [5.74, 6) is 3.74. The summed E-state index contributed by atoms with van der Waals surface area (Å²) in [4.78, 5) is 2.82. The average molecular weight is 209 g/mol. The molecule has 3 unspecified atom stereocenters. The maximum absolute atomic E-state index is 2.82. The Morgan fingerprint density at radius 2 is 1.53 bits per heavy atom. The van der Waals surface area contributed by atoms with Gasteiger partial charge in [0, 0.05) is 18.1 Å². The van der Waals surface area contributed by atoms with Gasteiger partial charge in [-0.15, -0.1) is 0 Å². The summed E-state index contributed by atoms with van der Waals surface area (Å²) >= 11 is 0. The molecule has 1 heterocycles. The van der Waals surface area contributed by atoms with E-state index in [-0.39, 0.29) is 0 Å². The smallest absolute Gasteiger partial charge is 0.0167 e. The lowest BCUT2D eigenvalue weighted by molar-refractivity contribution is 0.116. The van der Waals surface area contributed by atoms with Crippen molar-refractivity contribution in [2.45, 2.75) is 66.1 Å². The first-order chi connectivity index (χ1) is 6.95. The van der Waals surface area contributed by atoms with E-state index in [2.05, 4.69) is 46.4 Å². The highest BCUT2D eigenvalue weighted by Gasteiger charge is 2.61. The summed E-state index contributed by atoms with van der Waals surface area (Å²) in [6.45, 7) is 14.3. The molecule has 4 atom stereocenters. The maximum atomic E-state index is 2.82. The Bertz CT molecular complexity index is 231. The van der Waals surface area contributed by atoms with Gasteiger partial charge in [-0.1, -0.05) is 27.7 Å². The average Bonchev–Trinajstić information content (AvgIpc) is 2.66. The van der Waals surface area contributed by atoms with Gasteiger partial charge in [0.25, 0.3) is 0 Å². The van der Waals surface area contributed by atoms with Crippen molar-refractivity contribution >= 4 is 0 Å². The van der Waals surface area contributed by atoms with Crippen LogP contribution >= 0.6 is 0 Å². The van der Waals surface area contributed by atoms with E-state index in [4.69, 9.17) is 0 Å². The van der Waals surface area contributed by atoms with E-state index >= 15 is 0 Å². The van der Waals surface area contributed by atoms with Gasteiger partial charge >= 0.3 is 0 Å². The highest BCUT2D eigenvalue weighted by atomic mass is 15.3. The van der Waals surface area contributed by atoms with Crippen LogP contribution < -0.4 is 0 Å². The lowest BCUT2D eigenvalue weighted by Crippen LogP contribution is -2.43. The van der Waals surface area contributed by atoms with E-state index in [1.807, 2.05) is 0 Å². The quantitative estimate of drug-likeness (QED) is 0.688. The molecule has 0 spiro atoms. The fourth-order valence-electron chi connectivity index (χ4n) is 3.95. The molecule has 2 fully saturated rings. The Morgan fingerprint density at radius 1 is 0.933 bits per heavy atom. The largest absolute Gasteiger partial charge is 0.294 e. The molecule has 1 aliphatic heterocycles. The summed E-state index contributed by atoms with van der Waals surface area (Å²) in [6.07, 6.45) is 1.46. The predicted octanol–water partition coefficient (Wildman–Crippen LogP) is 3.40. The zero-order valence-electron chi connectivity index (χ0n) is 11.2. The van der Waals surface area contributed by atoms with Crippen LogP contribution in [0.25, 0.3) is 0 Å². The van der Waals surface area contributed by atoms with Crippen LogP contribution in [-0.4, -0.2) is 23.0 Å². The summed E-state index contributed by atoms with van der Waals surface area (Å²) in [6, 6.07) is 2.52. The van der Waals surface area contributed by atoms with Crippen molar-refractivity contribution in [1.29, 1.82) is 0 Å². The topological polar surface area (TPSA) is 3.24 Å². The molecule has 1 heteroatoms. The molecule has 0 amide bonds. The van der Waals surface area contributed by atoms with E-state index in [0.29, 0.717) is 0 Å². The number of piperidine rings is 1. The first-order valence-electron chi connectivity index (χ1n) is 6.72. The second-order valence-corrected chi connectivity index (χ2v) is 6.56. The summed E-state index contributed by atoms with van der Waals surface area (Å²) in [7, 11) is 0. The van der Waals surface area contributed by atoms with Crippen LogP contribution in [-0.2, 0) is 0 Å². The summed E-state index contributed by atoms with van der Waals surface area (Å²) in [5, 5.41) is 0. The third kappa shape index (κ3) is 1.73. The fourth-order valence-corrected chi connectivity index (χ4v) is 3.95. The molecule has 0 bridgehead atoms. The van der Waals surface area contributed by atoms with Gasteiger partial charge in [0.05, 0.1) is 0 Å². The molecule has 0 radical (unpaired) electrons. The Labute approximate surface area is 95.2 Å². The summed E-state index contributed by atoms with van der Waals surface area (Å²) in [5.41, 5.74) is 0. The molecule has 2 aliphatic rings. The van der Waals surface area contributed by atoms with Gasteiger partial charge in [0.15, 0.2) is 0 Å². The molecule has 1 saturated heterocycles. The van der Waals surface area contributed by atoms with Crippen molar-refractivity contribution in [3.63, 3.8) is 0 Å². The number of hydrogen-bond acceptors (Lipinski definition) is 1. The van der Waals surface area contributed by atoms with Crippen molar-refractivity contribution in [2.75, 3.05) is 0 Å². The van der Waals surface area contributed by atoms with Crippen molar-refractivity contribution < 1.29 is 0 Å². The highest BCUT2D eigenvalue weighted by Crippen LogP contribution is 2.58. The molecule has 2 rings (SSSR count). The third-order valence-electron chi connectivity index (χ3n) is 4.56. The molecule has 1 aliphatic carbocycles. The van der Waals surface area contributed by atoms with Crippen molar-refractivity contribution in [2.24, 2.45) is 23.7 Å². The molecular weight excluding hydrogens is 182 g/mol. The lowest BCUT2D eigenvalue weighted by atomic mass is 9.94. The van der Waals surface area contributed by atoms with Gasteiger partial charge in [-0.2, -0.15) is 0 Å². The van der Waals surface area contributed by atoms with Crippen LogP contribution in [0.3, 0.4) is 0 Å². The molecule has 0 aromatic rings. The monoisotopic (exact) mass is 209 g/mol. The SMILES string of the molecule is CC(C)C1C2C[C@@H](C(C)C)N(C(C)C)C21. The lowest BCUT2D eigenvalue weighted by Gasteiger charge is -2.35. The molecular formula is C14H27N. The Balaban J connectivity index is 2.08. The molecule has 15 heavy (non-hydrogen) atoms. The zero-order chi connectivity index (χ0) is 11.3. The van der Waals surface area contributed by atoms with Gasteiger partial charge in [-0.3, -0.25) is 4.90 Å². The second-order valence-electron chi connectivity index (χ2n) is 6.56. The maximum Gasteiger partial charge on any atom is 0.0167 e. The van der Waals surface area contributed by atoms with E-state index < -0.39 is 0 Å². The minimum Gasteiger partial charge on any atom is -0.294 e. The number of likely N-dealkylation sites (tertiary alicyclic amines) is 1. The van der Waals surface area contributed by atoms with Gasteiger partial charge < -0.3 is 0 Å². The zero-order valence-corrected chi connectivity index (χ0v) is 11.2.